The number of carboxylic acid groups (broad SMARTS) is 1. The number of hydrogen-bond donors (Lipinski definition) is 3. The lowest BCUT2D eigenvalue weighted by molar-refractivity contribution is -0.143. The standard InChI is InChI=1S/C11H12ClNO5/c12-7-3-1-2-4-9(7)18-6-10(15)13-8(5-14)11(16)17/h1-4,8,14H,5-6H2,(H,13,15)(H,16,17)/t8-/m0/s1. The van der Waals surface area contributed by atoms with Crippen molar-refractivity contribution in [2.75, 3.05) is 13.2 Å². The molecule has 0 saturated carbocycles. The molecular formula is C11H12ClNO5. The van der Waals surface area contributed by atoms with Crippen LogP contribution in [-0.4, -0.2) is 41.3 Å². The second-order valence-electron chi connectivity index (χ2n) is 3.36. The number of nitrogens with one attached hydrogen (secondary N) is 1. The Labute approximate surface area is 108 Å². The van der Waals surface area contributed by atoms with E-state index in [0.717, 1.165) is 0 Å². The highest BCUT2D eigenvalue weighted by molar-refractivity contribution is 6.32. The number of carbonyl (C=O) groups is 2. The lowest BCUT2D eigenvalue weighted by Crippen LogP contribution is -2.45. The topological polar surface area (TPSA) is 95.9 Å². The molecule has 3 N–H and O–H groups in total. The number of aliphatic hydroxyl groups is 1. The van der Waals surface area contributed by atoms with E-state index in [0.29, 0.717) is 10.8 Å². The molecule has 1 aromatic rings. The molecule has 0 bridgehead atoms. The van der Waals surface area contributed by atoms with Gasteiger partial charge in [-0.2, -0.15) is 0 Å². The second-order valence-corrected chi connectivity index (χ2v) is 3.77. The molecule has 98 valence electrons. The van der Waals surface area contributed by atoms with Crippen molar-refractivity contribution in [2.45, 2.75) is 6.04 Å². The number of aliphatic hydroxyl groups excluding tert-OH is 1. The summed E-state index contributed by atoms with van der Waals surface area (Å²) in [6.45, 7) is -1.07. The first-order valence-electron chi connectivity index (χ1n) is 5.05. The quantitative estimate of drug-likeness (QED) is 0.692. The number of amides is 1. The van der Waals surface area contributed by atoms with E-state index in [1.807, 2.05) is 0 Å². The number of aliphatic carboxylic acids is 1. The molecule has 1 aromatic carbocycles. The van der Waals surface area contributed by atoms with Gasteiger partial charge in [0, 0.05) is 0 Å². The zero-order valence-corrected chi connectivity index (χ0v) is 10.1. The normalized spacial score (nSPS) is 11.7. The maximum Gasteiger partial charge on any atom is 0.328 e. The van der Waals surface area contributed by atoms with E-state index in [-0.39, 0.29) is 6.61 Å². The molecule has 1 atom stereocenters. The highest BCUT2D eigenvalue weighted by atomic mass is 35.5. The third-order valence-corrected chi connectivity index (χ3v) is 2.32. The summed E-state index contributed by atoms with van der Waals surface area (Å²) in [5, 5.41) is 19.8. The minimum absolute atomic E-state index is 0.324. The van der Waals surface area contributed by atoms with Gasteiger partial charge < -0.3 is 20.3 Å². The Balaban J connectivity index is 2.47. The Hall–Kier alpha value is -1.79. The Kier molecular flexibility index (Phi) is 5.41. The van der Waals surface area contributed by atoms with Gasteiger partial charge in [0.05, 0.1) is 11.6 Å². The summed E-state index contributed by atoms with van der Waals surface area (Å²) in [6.07, 6.45) is 0. The van der Waals surface area contributed by atoms with E-state index in [1.54, 1.807) is 24.3 Å². The summed E-state index contributed by atoms with van der Waals surface area (Å²) in [7, 11) is 0. The van der Waals surface area contributed by atoms with Gasteiger partial charge in [-0.15, -0.1) is 0 Å². The lowest BCUT2D eigenvalue weighted by Gasteiger charge is -2.12. The summed E-state index contributed by atoms with van der Waals surface area (Å²) in [5.74, 6) is -1.65. The predicted octanol–water partition coefficient (Wildman–Crippen LogP) is 0.280. The Morgan fingerprint density at radius 1 is 1.39 bits per heavy atom. The Bertz CT molecular complexity index is 437. The van der Waals surface area contributed by atoms with Gasteiger partial charge >= 0.3 is 5.97 Å². The van der Waals surface area contributed by atoms with Crippen molar-refractivity contribution in [3.05, 3.63) is 29.3 Å². The first-order chi connectivity index (χ1) is 8.54. The van der Waals surface area contributed by atoms with Gasteiger partial charge in [-0.05, 0) is 12.1 Å². The van der Waals surface area contributed by atoms with E-state index in [2.05, 4.69) is 5.32 Å². The minimum Gasteiger partial charge on any atom is -0.482 e. The highest BCUT2D eigenvalue weighted by Crippen LogP contribution is 2.22. The molecule has 0 radical (unpaired) electrons. The van der Waals surface area contributed by atoms with Crippen molar-refractivity contribution in [3.63, 3.8) is 0 Å². The van der Waals surface area contributed by atoms with Crippen molar-refractivity contribution in [1.82, 2.24) is 5.32 Å². The largest absolute Gasteiger partial charge is 0.482 e. The van der Waals surface area contributed by atoms with E-state index >= 15 is 0 Å². The number of ether oxygens (including phenoxy) is 1. The molecule has 0 unspecified atom stereocenters. The average molecular weight is 274 g/mol. The molecule has 0 fully saturated rings. The molecule has 0 saturated heterocycles. The number of carbonyl (C=O) groups excluding carboxylic acids is 1. The third-order valence-electron chi connectivity index (χ3n) is 2.01. The maximum absolute atomic E-state index is 11.3. The van der Waals surface area contributed by atoms with Crippen LogP contribution in [-0.2, 0) is 9.59 Å². The second kappa shape index (κ2) is 6.83. The van der Waals surface area contributed by atoms with Crippen LogP contribution in [0.5, 0.6) is 5.75 Å². The molecule has 0 aliphatic heterocycles. The number of carboxylic acids is 1. The predicted molar refractivity (Wildman–Crippen MR) is 63.6 cm³/mol. The van der Waals surface area contributed by atoms with Gasteiger partial charge in [0.1, 0.15) is 11.8 Å². The summed E-state index contributed by atoms with van der Waals surface area (Å²) < 4.78 is 5.11. The van der Waals surface area contributed by atoms with Crippen molar-refractivity contribution >= 4 is 23.5 Å². The zero-order valence-electron chi connectivity index (χ0n) is 9.30. The van der Waals surface area contributed by atoms with Crippen LogP contribution in [0.2, 0.25) is 5.02 Å². The molecule has 0 spiro atoms. The van der Waals surface area contributed by atoms with Crippen molar-refractivity contribution < 1.29 is 24.5 Å². The number of hydrogen-bond acceptors (Lipinski definition) is 4. The molecule has 1 rings (SSSR count). The van der Waals surface area contributed by atoms with Gasteiger partial charge in [-0.1, -0.05) is 23.7 Å². The Morgan fingerprint density at radius 3 is 2.61 bits per heavy atom. The van der Waals surface area contributed by atoms with Gasteiger partial charge in [0.25, 0.3) is 5.91 Å². The first-order valence-corrected chi connectivity index (χ1v) is 5.42. The van der Waals surface area contributed by atoms with Gasteiger partial charge in [0.15, 0.2) is 6.61 Å². The smallest absolute Gasteiger partial charge is 0.328 e. The van der Waals surface area contributed by atoms with Crippen molar-refractivity contribution in [2.24, 2.45) is 0 Å². The number of benzene rings is 1. The summed E-state index contributed by atoms with van der Waals surface area (Å²) in [6, 6.07) is 5.24. The number of rotatable bonds is 6. The summed E-state index contributed by atoms with van der Waals surface area (Å²) >= 11 is 5.80. The number of para-hydroxylation sites is 1. The first kappa shape index (κ1) is 14.3. The van der Waals surface area contributed by atoms with E-state index in [9.17, 15) is 9.59 Å². The summed E-state index contributed by atoms with van der Waals surface area (Å²) in [4.78, 5) is 21.9. The molecule has 0 aromatic heterocycles. The van der Waals surface area contributed by atoms with Crippen molar-refractivity contribution in [3.8, 4) is 5.75 Å². The summed E-state index contributed by atoms with van der Waals surface area (Å²) in [5.41, 5.74) is 0. The molecule has 6 nitrogen and oxygen atoms in total. The molecule has 0 aliphatic rings. The van der Waals surface area contributed by atoms with Crippen LogP contribution in [0.15, 0.2) is 24.3 Å². The minimum atomic E-state index is -1.34. The van der Waals surface area contributed by atoms with Crippen LogP contribution in [0.25, 0.3) is 0 Å². The SMILES string of the molecule is O=C(COc1ccccc1Cl)N[C@@H](CO)C(=O)O. The zero-order chi connectivity index (χ0) is 13.5. The molecule has 18 heavy (non-hydrogen) atoms. The van der Waals surface area contributed by atoms with Crippen LogP contribution >= 0.6 is 11.6 Å². The van der Waals surface area contributed by atoms with E-state index in [4.69, 9.17) is 26.6 Å². The third kappa shape index (κ3) is 4.23. The van der Waals surface area contributed by atoms with Gasteiger partial charge in [-0.25, -0.2) is 4.79 Å². The molecule has 0 aliphatic carbocycles. The van der Waals surface area contributed by atoms with Crippen LogP contribution in [0.1, 0.15) is 0 Å². The van der Waals surface area contributed by atoms with E-state index in [1.165, 1.54) is 0 Å². The lowest BCUT2D eigenvalue weighted by atomic mass is 10.3. The van der Waals surface area contributed by atoms with Crippen LogP contribution in [0, 0.1) is 0 Å². The highest BCUT2D eigenvalue weighted by Gasteiger charge is 2.18. The molecule has 7 heteroatoms. The van der Waals surface area contributed by atoms with E-state index < -0.39 is 24.5 Å². The fourth-order valence-electron chi connectivity index (χ4n) is 1.13. The fraction of sp³-hybridized carbons (Fsp3) is 0.273. The fourth-order valence-corrected chi connectivity index (χ4v) is 1.32. The van der Waals surface area contributed by atoms with Crippen molar-refractivity contribution in [1.29, 1.82) is 0 Å². The van der Waals surface area contributed by atoms with Gasteiger partial charge in [0.2, 0.25) is 0 Å². The Morgan fingerprint density at radius 2 is 2.06 bits per heavy atom. The van der Waals surface area contributed by atoms with Crippen LogP contribution < -0.4 is 10.1 Å². The monoisotopic (exact) mass is 273 g/mol. The maximum atomic E-state index is 11.3. The van der Waals surface area contributed by atoms with Crippen LogP contribution in [0.4, 0.5) is 0 Å². The average Bonchev–Trinajstić information content (AvgIpc) is 2.34. The molecule has 1 amide bonds. The van der Waals surface area contributed by atoms with Crippen LogP contribution in [0.3, 0.4) is 0 Å². The number of halogens is 1. The molecular weight excluding hydrogens is 262 g/mol. The van der Waals surface area contributed by atoms with Gasteiger partial charge in [-0.3, -0.25) is 4.79 Å². The molecule has 0 heterocycles.